The molecule has 0 fully saturated rings. The Morgan fingerprint density at radius 1 is 1.39 bits per heavy atom. The Bertz CT molecular complexity index is 712. The van der Waals surface area contributed by atoms with Gasteiger partial charge in [-0.05, 0) is 36.6 Å². The molecule has 0 spiro atoms. The van der Waals surface area contributed by atoms with Gasteiger partial charge in [-0.25, -0.2) is 4.79 Å². The molecular weight excluding hydrogens is 248 g/mol. The van der Waals surface area contributed by atoms with Crippen molar-refractivity contribution in [3.8, 4) is 0 Å². The first-order valence-electron chi connectivity index (χ1n) is 5.65. The number of H-pyrrole nitrogens is 1. The normalized spacial score (nSPS) is 12.7. The SMILES string of the molecule is CC(Nc1ccc2oc(=O)[nH]c2c1)c1cccs1. The van der Waals surface area contributed by atoms with Crippen LogP contribution < -0.4 is 11.1 Å². The average Bonchev–Trinajstić information content (AvgIpc) is 2.95. The summed E-state index contributed by atoms with van der Waals surface area (Å²) in [5.74, 6) is -0.423. The molecule has 3 rings (SSSR count). The van der Waals surface area contributed by atoms with Crippen LogP contribution in [0.2, 0.25) is 0 Å². The minimum Gasteiger partial charge on any atom is -0.408 e. The number of benzene rings is 1. The molecule has 92 valence electrons. The van der Waals surface area contributed by atoms with Gasteiger partial charge in [0.2, 0.25) is 0 Å². The number of thiophene rings is 1. The van der Waals surface area contributed by atoms with Crippen molar-refractivity contribution in [3.63, 3.8) is 0 Å². The molecule has 0 aliphatic heterocycles. The maximum Gasteiger partial charge on any atom is 0.417 e. The zero-order valence-electron chi connectivity index (χ0n) is 9.77. The van der Waals surface area contributed by atoms with Crippen molar-refractivity contribution in [2.45, 2.75) is 13.0 Å². The molecule has 3 aromatic rings. The van der Waals surface area contributed by atoms with Gasteiger partial charge in [0.25, 0.3) is 0 Å². The molecule has 2 N–H and O–H groups in total. The molecule has 2 aromatic heterocycles. The fourth-order valence-electron chi connectivity index (χ4n) is 1.90. The lowest BCUT2D eigenvalue weighted by Crippen LogP contribution is -2.04. The maximum atomic E-state index is 11.1. The van der Waals surface area contributed by atoms with Crippen molar-refractivity contribution >= 4 is 28.1 Å². The summed E-state index contributed by atoms with van der Waals surface area (Å²) in [6, 6.07) is 9.95. The summed E-state index contributed by atoms with van der Waals surface area (Å²) in [5, 5.41) is 5.45. The molecule has 0 aliphatic carbocycles. The van der Waals surface area contributed by atoms with Crippen LogP contribution in [0.5, 0.6) is 0 Å². The van der Waals surface area contributed by atoms with Crippen molar-refractivity contribution in [2.24, 2.45) is 0 Å². The summed E-state index contributed by atoms with van der Waals surface area (Å²) in [4.78, 5) is 15.0. The second-order valence-electron chi connectivity index (χ2n) is 4.11. The molecule has 0 radical (unpaired) electrons. The molecule has 0 saturated heterocycles. The minimum atomic E-state index is -0.423. The predicted molar refractivity (Wildman–Crippen MR) is 73.2 cm³/mol. The molecule has 0 amide bonds. The van der Waals surface area contributed by atoms with Gasteiger partial charge in [-0.2, -0.15) is 0 Å². The Morgan fingerprint density at radius 3 is 3.06 bits per heavy atom. The van der Waals surface area contributed by atoms with Crippen molar-refractivity contribution in [3.05, 3.63) is 51.1 Å². The molecule has 0 saturated carbocycles. The van der Waals surface area contributed by atoms with Crippen LogP contribution in [0.3, 0.4) is 0 Å². The largest absolute Gasteiger partial charge is 0.417 e. The number of aromatic nitrogens is 1. The van der Waals surface area contributed by atoms with Gasteiger partial charge in [0.05, 0.1) is 11.6 Å². The maximum absolute atomic E-state index is 11.1. The van der Waals surface area contributed by atoms with Crippen LogP contribution in [0, 0.1) is 0 Å². The van der Waals surface area contributed by atoms with E-state index in [1.807, 2.05) is 18.2 Å². The lowest BCUT2D eigenvalue weighted by molar-refractivity contribution is 0.555. The van der Waals surface area contributed by atoms with Gasteiger partial charge in [-0.1, -0.05) is 6.07 Å². The van der Waals surface area contributed by atoms with Gasteiger partial charge >= 0.3 is 5.76 Å². The van der Waals surface area contributed by atoms with E-state index in [0.29, 0.717) is 11.1 Å². The molecule has 1 unspecified atom stereocenters. The third kappa shape index (κ3) is 2.04. The summed E-state index contributed by atoms with van der Waals surface area (Å²) in [5.41, 5.74) is 2.25. The molecule has 5 heteroatoms. The van der Waals surface area contributed by atoms with Crippen molar-refractivity contribution in [2.75, 3.05) is 5.32 Å². The smallest absolute Gasteiger partial charge is 0.408 e. The van der Waals surface area contributed by atoms with E-state index in [0.717, 1.165) is 5.69 Å². The average molecular weight is 260 g/mol. The first-order chi connectivity index (χ1) is 8.72. The third-order valence-corrected chi connectivity index (χ3v) is 3.83. The zero-order chi connectivity index (χ0) is 12.5. The number of anilines is 1. The summed E-state index contributed by atoms with van der Waals surface area (Å²) >= 11 is 1.72. The Hall–Kier alpha value is -2.01. The van der Waals surface area contributed by atoms with E-state index in [1.165, 1.54) is 4.88 Å². The number of aromatic amines is 1. The van der Waals surface area contributed by atoms with Gasteiger partial charge in [0.1, 0.15) is 0 Å². The molecular formula is C13H12N2O2S. The molecule has 1 aromatic carbocycles. The van der Waals surface area contributed by atoms with E-state index in [2.05, 4.69) is 28.7 Å². The summed E-state index contributed by atoms with van der Waals surface area (Å²) < 4.78 is 4.96. The van der Waals surface area contributed by atoms with Crippen LogP contribution in [0.1, 0.15) is 17.8 Å². The standard InChI is InChI=1S/C13H12N2O2S/c1-8(12-3-2-6-18-12)14-9-4-5-11-10(7-9)15-13(16)17-11/h2-8,14H,1H3,(H,15,16). The van der Waals surface area contributed by atoms with Crippen LogP contribution in [0.15, 0.2) is 44.9 Å². The fraction of sp³-hybridized carbons (Fsp3) is 0.154. The zero-order valence-corrected chi connectivity index (χ0v) is 10.6. The first kappa shape index (κ1) is 11.1. The van der Waals surface area contributed by atoms with Gasteiger partial charge in [0.15, 0.2) is 5.58 Å². The molecule has 1 atom stereocenters. The highest BCUT2D eigenvalue weighted by Crippen LogP contribution is 2.24. The molecule has 2 heterocycles. The van der Waals surface area contributed by atoms with Crippen LogP contribution in [-0.4, -0.2) is 4.98 Å². The van der Waals surface area contributed by atoms with Crippen molar-refractivity contribution in [1.82, 2.24) is 4.98 Å². The second-order valence-corrected chi connectivity index (χ2v) is 5.09. The van der Waals surface area contributed by atoms with Crippen molar-refractivity contribution < 1.29 is 4.42 Å². The number of fused-ring (bicyclic) bond motifs is 1. The number of oxazole rings is 1. The molecule has 0 bridgehead atoms. The van der Waals surface area contributed by atoms with Crippen LogP contribution in [-0.2, 0) is 0 Å². The number of hydrogen-bond donors (Lipinski definition) is 2. The van der Waals surface area contributed by atoms with Gasteiger partial charge in [-0.15, -0.1) is 11.3 Å². The minimum absolute atomic E-state index is 0.237. The number of hydrogen-bond acceptors (Lipinski definition) is 4. The topological polar surface area (TPSA) is 58.0 Å². The first-order valence-corrected chi connectivity index (χ1v) is 6.53. The van der Waals surface area contributed by atoms with E-state index in [-0.39, 0.29) is 6.04 Å². The quantitative estimate of drug-likeness (QED) is 0.759. The Morgan fingerprint density at radius 2 is 2.28 bits per heavy atom. The van der Waals surface area contributed by atoms with E-state index >= 15 is 0 Å². The highest BCUT2D eigenvalue weighted by Gasteiger charge is 2.07. The Balaban J connectivity index is 1.88. The number of rotatable bonds is 3. The fourth-order valence-corrected chi connectivity index (χ4v) is 2.64. The molecule has 4 nitrogen and oxygen atoms in total. The third-order valence-electron chi connectivity index (χ3n) is 2.77. The van der Waals surface area contributed by atoms with Crippen LogP contribution in [0.4, 0.5) is 5.69 Å². The van der Waals surface area contributed by atoms with Gasteiger partial charge in [-0.3, -0.25) is 4.98 Å². The van der Waals surface area contributed by atoms with Crippen LogP contribution >= 0.6 is 11.3 Å². The van der Waals surface area contributed by atoms with E-state index in [9.17, 15) is 4.79 Å². The monoisotopic (exact) mass is 260 g/mol. The van der Waals surface area contributed by atoms with E-state index in [4.69, 9.17) is 4.42 Å². The summed E-state index contributed by atoms with van der Waals surface area (Å²) in [7, 11) is 0. The summed E-state index contributed by atoms with van der Waals surface area (Å²) in [6.45, 7) is 2.11. The highest BCUT2D eigenvalue weighted by atomic mass is 32.1. The lowest BCUT2D eigenvalue weighted by atomic mass is 10.2. The van der Waals surface area contributed by atoms with Gasteiger partial charge < -0.3 is 9.73 Å². The molecule has 18 heavy (non-hydrogen) atoms. The Kier molecular flexibility index (Phi) is 2.68. The van der Waals surface area contributed by atoms with Crippen LogP contribution in [0.25, 0.3) is 11.1 Å². The van der Waals surface area contributed by atoms with Crippen molar-refractivity contribution in [1.29, 1.82) is 0 Å². The van der Waals surface area contributed by atoms with E-state index < -0.39 is 5.76 Å². The predicted octanol–water partition coefficient (Wildman–Crippen LogP) is 3.36. The van der Waals surface area contributed by atoms with E-state index in [1.54, 1.807) is 17.4 Å². The number of nitrogens with one attached hydrogen (secondary N) is 2. The van der Waals surface area contributed by atoms with Gasteiger partial charge in [0, 0.05) is 10.6 Å². The lowest BCUT2D eigenvalue weighted by Gasteiger charge is -2.13. The molecule has 0 aliphatic rings. The Labute approximate surface area is 107 Å². The highest BCUT2D eigenvalue weighted by molar-refractivity contribution is 7.10. The second kappa shape index (κ2) is 4.34. The summed E-state index contributed by atoms with van der Waals surface area (Å²) in [6.07, 6.45) is 0.